The van der Waals surface area contributed by atoms with Gasteiger partial charge in [0, 0.05) is 17.6 Å². The van der Waals surface area contributed by atoms with Crippen molar-refractivity contribution in [2.24, 2.45) is 11.8 Å². The van der Waals surface area contributed by atoms with Crippen LogP contribution in [-0.2, 0) is 16.6 Å². The molecule has 1 aliphatic carbocycles. The van der Waals surface area contributed by atoms with Crippen LogP contribution in [0.1, 0.15) is 56.9 Å². The summed E-state index contributed by atoms with van der Waals surface area (Å²) in [6.07, 6.45) is 10.3. The van der Waals surface area contributed by atoms with E-state index < -0.39 is 10.2 Å². The molecule has 2 fully saturated rings. The maximum Gasteiger partial charge on any atom is 0.276 e. The van der Waals surface area contributed by atoms with Crippen molar-refractivity contribution in [2.75, 3.05) is 33.8 Å². The molecule has 1 aromatic carbocycles. The molecule has 1 aliphatic heterocycles. The summed E-state index contributed by atoms with van der Waals surface area (Å²) in [4.78, 5) is 2.63. The predicted octanol–water partition coefficient (Wildman–Crippen LogP) is 4.11. The van der Waals surface area contributed by atoms with E-state index in [2.05, 4.69) is 42.4 Å². The summed E-state index contributed by atoms with van der Waals surface area (Å²) in [7, 11) is -0.137. The van der Waals surface area contributed by atoms with Crippen molar-refractivity contribution >= 4 is 26.1 Å². The van der Waals surface area contributed by atoms with Gasteiger partial charge in [0.15, 0.2) is 0 Å². The SMILES string of the molecule is CNS(=O)(=O)NC1CCC(CCCN2CCC(Cc3cc(OC)ccc3Br)CC2)CC1. The van der Waals surface area contributed by atoms with Gasteiger partial charge >= 0.3 is 0 Å². The average Bonchev–Trinajstić information content (AvgIpc) is 2.77. The maximum atomic E-state index is 11.6. The number of benzene rings is 1. The second-order valence-corrected chi connectivity index (χ2v) is 11.6. The van der Waals surface area contributed by atoms with Crippen molar-refractivity contribution in [1.82, 2.24) is 14.3 Å². The highest BCUT2D eigenvalue weighted by Crippen LogP contribution is 2.30. The largest absolute Gasteiger partial charge is 0.497 e. The zero-order chi connectivity index (χ0) is 22.3. The Balaban J connectivity index is 1.31. The minimum atomic E-state index is -3.31. The van der Waals surface area contributed by atoms with E-state index in [0.29, 0.717) is 0 Å². The number of hydrogen-bond acceptors (Lipinski definition) is 4. The summed E-state index contributed by atoms with van der Waals surface area (Å²) in [6.45, 7) is 3.59. The molecule has 0 bridgehead atoms. The number of hydrogen-bond donors (Lipinski definition) is 2. The molecule has 0 unspecified atom stereocenters. The highest BCUT2D eigenvalue weighted by Gasteiger charge is 2.25. The normalized spacial score (nSPS) is 23.7. The van der Waals surface area contributed by atoms with Crippen LogP contribution in [0.25, 0.3) is 0 Å². The van der Waals surface area contributed by atoms with Gasteiger partial charge in [-0.15, -0.1) is 0 Å². The molecule has 1 saturated heterocycles. The molecular weight excluding hydrogens is 478 g/mol. The molecule has 31 heavy (non-hydrogen) atoms. The fourth-order valence-corrected chi connectivity index (χ4v) is 6.21. The van der Waals surface area contributed by atoms with Crippen LogP contribution in [0.4, 0.5) is 0 Å². The molecule has 2 aliphatic rings. The first-order valence-electron chi connectivity index (χ1n) is 11.6. The van der Waals surface area contributed by atoms with E-state index in [-0.39, 0.29) is 6.04 Å². The van der Waals surface area contributed by atoms with Gasteiger partial charge in [0.25, 0.3) is 10.2 Å². The Morgan fingerprint density at radius 3 is 2.45 bits per heavy atom. The lowest BCUT2D eigenvalue weighted by atomic mass is 9.83. The summed E-state index contributed by atoms with van der Waals surface area (Å²) >= 11 is 3.69. The van der Waals surface area contributed by atoms with E-state index in [9.17, 15) is 8.42 Å². The Morgan fingerprint density at radius 2 is 1.81 bits per heavy atom. The molecule has 6 nitrogen and oxygen atoms in total. The van der Waals surface area contributed by atoms with Crippen LogP contribution >= 0.6 is 15.9 Å². The van der Waals surface area contributed by atoms with E-state index in [4.69, 9.17) is 4.74 Å². The van der Waals surface area contributed by atoms with E-state index in [0.717, 1.165) is 49.7 Å². The zero-order valence-electron chi connectivity index (χ0n) is 18.9. The first-order valence-corrected chi connectivity index (χ1v) is 13.9. The fraction of sp³-hybridized carbons (Fsp3) is 0.739. The van der Waals surface area contributed by atoms with Crippen LogP contribution in [0.15, 0.2) is 22.7 Å². The van der Waals surface area contributed by atoms with E-state index in [1.807, 2.05) is 6.07 Å². The van der Waals surface area contributed by atoms with Gasteiger partial charge in [-0.1, -0.05) is 15.9 Å². The van der Waals surface area contributed by atoms with Gasteiger partial charge in [-0.2, -0.15) is 13.1 Å². The van der Waals surface area contributed by atoms with Gasteiger partial charge in [0.1, 0.15) is 5.75 Å². The molecule has 0 atom stereocenters. The summed E-state index contributed by atoms with van der Waals surface area (Å²) in [5.41, 5.74) is 1.35. The van der Waals surface area contributed by atoms with Gasteiger partial charge < -0.3 is 9.64 Å². The number of methoxy groups -OCH3 is 1. The predicted molar refractivity (Wildman–Crippen MR) is 130 cm³/mol. The van der Waals surface area contributed by atoms with Gasteiger partial charge in [-0.3, -0.25) is 0 Å². The Morgan fingerprint density at radius 1 is 1.10 bits per heavy atom. The second kappa shape index (κ2) is 12.0. The topological polar surface area (TPSA) is 70.7 Å². The van der Waals surface area contributed by atoms with Crippen molar-refractivity contribution in [3.8, 4) is 5.75 Å². The number of piperidine rings is 1. The van der Waals surface area contributed by atoms with Crippen LogP contribution in [0.5, 0.6) is 5.75 Å². The Labute approximate surface area is 196 Å². The van der Waals surface area contributed by atoms with Crippen molar-refractivity contribution in [2.45, 2.75) is 63.8 Å². The number of likely N-dealkylation sites (tertiary alicyclic amines) is 1. The molecule has 1 saturated carbocycles. The molecule has 2 N–H and O–H groups in total. The van der Waals surface area contributed by atoms with Crippen molar-refractivity contribution < 1.29 is 13.2 Å². The highest BCUT2D eigenvalue weighted by molar-refractivity contribution is 9.10. The third-order valence-electron chi connectivity index (χ3n) is 6.99. The van der Waals surface area contributed by atoms with E-state index >= 15 is 0 Å². The first kappa shape index (κ1) is 25.0. The number of halogens is 1. The average molecular weight is 517 g/mol. The van der Waals surface area contributed by atoms with Crippen LogP contribution in [0, 0.1) is 11.8 Å². The van der Waals surface area contributed by atoms with Crippen molar-refractivity contribution in [1.29, 1.82) is 0 Å². The summed E-state index contributed by atoms with van der Waals surface area (Å²) in [6, 6.07) is 6.35. The van der Waals surface area contributed by atoms with Gasteiger partial charge in [0.05, 0.1) is 7.11 Å². The number of nitrogens with one attached hydrogen (secondary N) is 2. The third-order valence-corrected chi connectivity index (χ3v) is 8.95. The van der Waals surface area contributed by atoms with Crippen LogP contribution in [0.2, 0.25) is 0 Å². The van der Waals surface area contributed by atoms with Gasteiger partial charge in [-0.05, 0) is 113 Å². The molecule has 1 heterocycles. The number of ether oxygens (including phenoxy) is 1. The van der Waals surface area contributed by atoms with E-state index in [1.54, 1.807) is 7.11 Å². The monoisotopic (exact) mass is 515 g/mol. The number of nitrogens with zero attached hydrogens (tertiary/aromatic N) is 1. The molecule has 8 heteroatoms. The first-order chi connectivity index (χ1) is 14.9. The molecule has 0 radical (unpaired) electrons. The summed E-state index contributed by atoms with van der Waals surface area (Å²) in [5.74, 6) is 2.43. The smallest absolute Gasteiger partial charge is 0.276 e. The lowest BCUT2D eigenvalue weighted by Crippen LogP contribution is -2.42. The lowest BCUT2D eigenvalue weighted by Gasteiger charge is -2.33. The minimum Gasteiger partial charge on any atom is -0.497 e. The maximum absolute atomic E-state index is 11.6. The van der Waals surface area contributed by atoms with Gasteiger partial charge in [0.2, 0.25) is 0 Å². The quantitative estimate of drug-likeness (QED) is 0.491. The number of rotatable bonds is 10. The van der Waals surface area contributed by atoms with Gasteiger partial charge in [-0.25, -0.2) is 4.72 Å². The molecule has 176 valence electrons. The van der Waals surface area contributed by atoms with Crippen LogP contribution < -0.4 is 14.2 Å². The molecule has 0 aromatic heterocycles. The lowest BCUT2D eigenvalue weighted by molar-refractivity contribution is 0.175. The fourth-order valence-electron chi connectivity index (χ4n) is 5.01. The molecule has 0 amide bonds. The van der Waals surface area contributed by atoms with Crippen molar-refractivity contribution in [3.05, 3.63) is 28.2 Å². The third kappa shape index (κ3) is 8.00. The molecule has 3 rings (SSSR count). The highest BCUT2D eigenvalue weighted by atomic mass is 79.9. The molecular formula is C23H38BrN3O3S. The van der Waals surface area contributed by atoms with E-state index in [1.165, 1.54) is 62.4 Å². The summed E-state index contributed by atoms with van der Waals surface area (Å²) < 4.78 is 34.9. The molecule has 1 aromatic rings. The minimum absolute atomic E-state index is 0.0948. The standard InChI is InChI=1S/C23H38BrN3O3S/c1-25-31(28,29)26-21-7-5-18(6-8-21)4-3-13-27-14-11-19(12-15-27)16-20-17-22(30-2)9-10-23(20)24/h9-10,17-19,21,25-26H,3-8,11-16H2,1-2H3. The zero-order valence-corrected chi connectivity index (χ0v) is 21.3. The van der Waals surface area contributed by atoms with Crippen LogP contribution in [-0.4, -0.2) is 53.2 Å². The Kier molecular flexibility index (Phi) is 9.65. The Bertz CT molecular complexity index is 789. The van der Waals surface area contributed by atoms with Crippen LogP contribution in [0.3, 0.4) is 0 Å². The van der Waals surface area contributed by atoms with Crippen molar-refractivity contribution in [3.63, 3.8) is 0 Å². The Hall–Kier alpha value is -0.670. The molecule has 0 spiro atoms. The summed E-state index contributed by atoms with van der Waals surface area (Å²) in [5, 5.41) is 0. The second-order valence-electron chi connectivity index (χ2n) is 9.13.